The first-order valence-corrected chi connectivity index (χ1v) is 8.95. The normalized spacial score (nSPS) is 14.0. The smallest absolute Gasteiger partial charge is 0.237 e. The van der Waals surface area contributed by atoms with Crippen LogP contribution >= 0.6 is 0 Å². The van der Waals surface area contributed by atoms with Crippen LogP contribution in [0.4, 0.5) is 0 Å². The summed E-state index contributed by atoms with van der Waals surface area (Å²) in [5.41, 5.74) is 17.8. The molecule has 0 aliphatic heterocycles. The van der Waals surface area contributed by atoms with Gasteiger partial charge in [0.15, 0.2) is 11.7 Å². The van der Waals surface area contributed by atoms with E-state index >= 15 is 0 Å². The number of aromatic hydroxyl groups is 1. The Bertz CT molecular complexity index is 634. The number of ketones is 1. The second-order valence-corrected chi connectivity index (χ2v) is 6.44. The fourth-order valence-electron chi connectivity index (χ4n) is 2.53. The number of hydrogen-bond acceptors (Lipinski definition) is 6. The van der Waals surface area contributed by atoms with E-state index in [-0.39, 0.29) is 23.9 Å². The molecule has 0 aromatic heterocycles. The molecule has 0 spiro atoms. The van der Waals surface area contributed by atoms with Gasteiger partial charge in [-0.2, -0.15) is 0 Å². The average Bonchev–Trinajstić information content (AvgIpc) is 2.64. The van der Waals surface area contributed by atoms with Crippen LogP contribution in [0.2, 0.25) is 0 Å². The first kappa shape index (κ1) is 22.4. The van der Waals surface area contributed by atoms with Crippen molar-refractivity contribution in [2.75, 3.05) is 6.54 Å². The average molecular weight is 378 g/mol. The number of phenolic OH excluding ortho intramolecular Hbond substituents is 1. The van der Waals surface area contributed by atoms with E-state index in [0.717, 1.165) is 5.56 Å². The van der Waals surface area contributed by atoms with E-state index in [1.807, 2.05) is 0 Å². The van der Waals surface area contributed by atoms with Gasteiger partial charge in [0.2, 0.25) is 5.91 Å². The maximum atomic E-state index is 12.5. The van der Waals surface area contributed by atoms with E-state index in [1.165, 1.54) is 12.1 Å². The molecule has 1 amide bonds. The van der Waals surface area contributed by atoms with E-state index < -0.39 is 24.0 Å². The Morgan fingerprint density at radius 1 is 1.19 bits per heavy atom. The summed E-state index contributed by atoms with van der Waals surface area (Å²) in [6.45, 7) is 2.21. The molecule has 1 aromatic rings. The predicted molar refractivity (Wildman–Crippen MR) is 104 cm³/mol. The first-order valence-electron chi connectivity index (χ1n) is 8.95. The molecule has 0 aliphatic carbocycles. The van der Waals surface area contributed by atoms with Crippen molar-refractivity contribution in [3.63, 3.8) is 0 Å². The molecule has 27 heavy (non-hydrogen) atoms. The Kier molecular flexibility index (Phi) is 9.24. The molecule has 0 heterocycles. The second-order valence-electron chi connectivity index (χ2n) is 6.44. The molecule has 0 saturated heterocycles. The molecule has 0 radical (unpaired) electrons. The Morgan fingerprint density at radius 2 is 1.81 bits per heavy atom. The molecule has 1 rings (SSSR count). The molecule has 3 unspecified atom stereocenters. The summed E-state index contributed by atoms with van der Waals surface area (Å²) >= 11 is 0. The Hall–Kier alpha value is -2.65. The highest BCUT2D eigenvalue weighted by Gasteiger charge is 2.26. The summed E-state index contributed by atoms with van der Waals surface area (Å²) in [6.07, 6.45) is 1.64. The van der Waals surface area contributed by atoms with E-state index in [4.69, 9.17) is 22.6 Å². The van der Waals surface area contributed by atoms with Crippen LogP contribution in [0, 0.1) is 5.41 Å². The zero-order chi connectivity index (χ0) is 20.4. The maximum absolute atomic E-state index is 12.5. The summed E-state index contributed by atoms with van der Waals surface area (Å²) in [5.74, 6) is -0.701. The van der Waals surface area contributed by atoms with Crippen LogP contribution in [-0.2, 0) is 16.0 Å². The van der Waals surface area contributed by atoms with Gasteiger partial charge in [-0.3, -0.25) is 15.0 Å². The van der Waals surface area contributed by atoms with Gasteiger partial charge < -0.3 is 32.9 Å². The Balaban J connectivity index is 2.67. The van der Waals surface area contributed by atoms with Crippen LogP contribution < -0.4 is 27.8 Å². The molecular weight excluding hydrogens is 348 g/mol. The summed E-state index contributed by atoms with van der Waals surface area (Å²) < 4.78 is 0. The van der Waals surface area contributed by atoms with Crippen LogP contribution in [0.15, 0.2) is 24.3 Å². The highest BCUT2D eigenvalue weighted by molar-refractivity contribution is 5.93. The first-order chi connectivity index (χ1) is 12.7. The van der Waals surface area contributed by atoms with Crippen LogP contribution in [0.3, 0.4) is 0 Å². The molecule has 9 heteroatoms. The largest absolute Gasteiger partial charge is 0.508 e. The maximum Gasteiger partial charge on any atom is 0.237 e. The highest BCUT2D eigenvalue weighted by Crippen LogP contribution is 2.11. The van der Waals surface area contributed by atoms with Gasteiger partial charge in [-0.1, -0.05) is 19.1 Å². The summed E-state index contributed by atoms with van der Waals surface area (Å²) in [4.78, 5) is 24.9. The van der Waals surface area contributed by atoms with Gasteiger partial charge in [-0.25, -0.2) is 0 Å². The number of guanidine groups is 1. The molecule has 0 fully saturated rings. The lowest BCUT2D eigenvalue weighted by atomic mass is 9.98. The molecule has 1 aromatic carbocycles. The molecule has 10 N–H and O–H groups in total. The van der Waals surface area contributed by atoms with Gasteiger partial charge in [0.1, 0.15) is 5.75 Å². The van der Waals surface area contributed by atoms with Crippen molar-refractivity contribution in [1.82, 2.24) is 10.6 Å². The number of phenols is 1. The number of carbonyl (C=O) groups is 2. The number of Topliss-reactive ketones (excluding diaryl/α,β-unsaturated/α-hetero) is 1. The molecular formula is C18H30N6O3. The molecule has 150 valence electrons. The lowest BCUT2D eigenvalue weighted by Gasteiger charge is -2.22. The third-order valence-corrected chi connectivity index (χ3v) is 4.18. The van der Waals surface area contributed by atoms with Crippen molar-refractivity contribution in [2.45, 2.75) is 50.7 Å². The monoisotopic (exact) mass is 378 g/mol. The Labute approximate surface area is 159 Å². The molecule has 0 bridgehead atoms. The topological polar surface area (TPSA) is 180 Å². The van der Waals surface area contributed by atoms with Crippen molar-refractivity contribution >= 4 is 17.6 Å². The fourth-order valence-corrected chi connectivity index (χ4v) is 2.53. The van der Waals surface area contributed by atoms with Crippen molar-refractivity contribution in [1.29, 1.82) is 5.41 Å². The summed E-state index contributed by atoms with van der Waals surface area (Å²) in [6, 6.07) is 4.18. The van der Waals surface area contributed by atoms with Gasteiger partial charge in [0.05, 0.1) is 18.1 Å². The summed E-state index contributed by atoms with van der Waals surface area (Å²) in [5, 5.41) is 21.8. The van der Waals surface area contributed by atoms with Crippen molar-refractivity contribution < 1.29 is 14.7 Å². The molecule has 3 atom stereocenters. The van der Waals surface area contributed by atoms with E-state index in [0.29, 0.717) is 25.8 Å². The van der Waals surface area contributed by atoms with Crippen LogP contribution in [0.25, 0.3) is 0 Å². The summed E-state index contributed by atoms with van der Waals surface area (Å²) in [7, 11) is 0. The highest BCUT2D eigenvalue weighted by atomic mass is 16.3. The van der Waals surface area contributed by atoms with Gasteiger partial charge >= 0.3 is 0 Å². The van der Waals surface area contributed by atoms with Crippen molar-refractivity contribution in [2.24, 2.45) is 17.2 Å². The molecule has 9 nitrogen and oxygen atoms in total. The molecule has 0 aliphatic rings. The lowest BCUT2D eigenvalue weighted by molar-refractivity contribution is -0.129. The number of nitrogens with one attached hydrogen (secondary N) is 3. The van der Waals surface area contributed by atoms with Gasteiger partial charge in [-0.05, 0) is 43.4 Å². The number of nitrogens with two attached hydrogens (primary N) is 3. The van der Waals surface area contributed by atoms with Crippen LogP contribution in [0.1, 0.15) is 31.7 Å². The minimum absolute atomic E-state index is 0.134. The predicted octanol–water partition coefficient (Wildman–Crippen LogP) is -0.684. The number of carbonyl (C=O) groups excluding carboxylic acids is 2. The minimum Gasteiger partial charge on any atom is -0.508 e. The fraction of sp³-hybridized carbons (Fsp3) is 0.500. The number of hydrogen-bond donors (Lipinski definition) is 7. The van der Waals surface area contributed by atoms with Crippen LogP contribution in [0.5, 0.6) is 5.75 Å². The Morgan fingerprint density at radius 3 is 2.37 bits per heavy atom. The van der Waals surface area contributed by atoms with E-state index in [2.05, 4.69) is 10.6 Å². The third kappa shape index (κ3) is 8.06. The number of rotatable bonds is 11. The van der Waals surface area contributed by atoms with Crippen LogP contribution in [-0.4, -0.2) is 47.4 Å². The van der Waals surface area contributed by atoms with Gasteiger partial charge in [-0.15, -0.1) is 0 Å². The zero-order valence-electron chi connectivity index (χ0n) is 15.6. The minimum atomic E-state index is -0.835. The van der Waals surface area contributed by atoms with E-state index in [9.17, 15) is 14.7 Å². The van der Waals surface area contributed by atoms with Gasteiger partial charge in [0, 0.05) is 6.54 Å². The number of benzene rings is 1. The molecule has 0 saturated carbocycles. The number of amides is 1. The standard InChI is InChI=1S/C18H30N6O3/c1-2-13(19)16(26)15(4-3-9-23-18(21)22)24-17(27)14(20)10-11-5-7-12(25)8-6-11/h5-8,13-15,25H,2-4,9-10,19-20H2,1H3,(H,24,27)(H4,21,22,23). The zero-order valence-corrected chi connectivity index (χ0v) is 15.6. The van der Waals surface area contributed by atoms with Crippen molar-refractivity contribution in [3.8, 4) is 5.75 Å². The quantitative estimate of drug-likeness (QED) is 0.151. The SMILES string of the molecule is CCC(N)C(=O)C(CCCNC(=N)N)NC(=O)C(N)Cc1ccc(O)cc1. The van der Waals surface area contributed by atoms with Crippen molar-refractivity contribution in [3.05, 3.63) is 29.8 Å². The van der Waals surface area contributed by atoms with E-state index in [1.54, 1.807) is 19.1 Å². The third-order valence-electron chi connectivity index (χ3n) is 4.18. The second kappa shape index (κ2) is 11.1. The van der Waals surface area contributed by atoms with Gasteiger partial charge in [0.25, 0.3) is 0 Å². The lowest BCUT2D eigenvalue weighted by Crippen LogP contribution is -2.52.